The molecule has 0 atom stereocenters. The molecule has 0 saturated heterocycles. The molecule has 1 heterocycles. The zero-order valence-electron chi connectivity index (χ0n) is 13.8. The van der Waals surface area contributed by atoms with Crippen molar-refractivity contribution in [3.63, 3.8) is 0 Å². The summed E-state index contributed by atoms with van der Waals surface area (Å²) in [6.45, 7) is 3.80. The summed E-state index contributed by atoms with van der Waals surface area (Å²) in [5, 5.41) is 6.04. The van der Waals surface area contributed by atoms with Gasteiger partial charge >= 0.3 is 0 Å². The summed E-state index contributed by atoms with van der Waals surface area (Å²) in [7, 11) is 4.08. The molecule has 6 nitrogen and oxygen atoms in total. The maximum atomic E-state index is 12.2. The van der Waals surface area contributed by atoms with E-state index in [0.29, 0.717) is 11.5 Å². The predicted molar refractivity (Wildman–Crippen MR) is 92.8 cm³/mol. The summed E-state index contributed by atoms with van der Waals surface area (Å²) >= 11 is 0. The van der Waals surface area contributed by atoms with E-state index >= 15 is 0 Å². The summed E-state index contributed by atoms with van der Waals surface area (Å²) in [5.74, 6) is 0.417. The second-order valence-electron chi connectivity index (χ2n) is 5.69. The first-order valence-electron chi connectivity index (χ1n) is 7.63. The molecule has 1 amide bonds. The van der Waals surface area contributed by atoms with Crippen molar-refractivity contribution >= 4 is 17.4 Å². The van der Waals surface area contributed by atoms with Crippen molar-refractivity contribution in [2.24, 2.45) is 0 Å². The Kier molecular flexibility index (Phi) is 6.05. The monoisotopic (exact) mass is 313 g/mol. The van der Waals surface area contributed by atoms with Crippen LogP contribution in [0.3, 0.4) is 0 Å². The van der Waals surface area contributed by atoms with Crippen LogP contribution in [0.25, 0.3) is 0 Å². The largest absolute Gasteiger partial charge is 0.370 e. The van der Waals surface area contributed by atoms with Gasteiger partial charge in [0.1, 0.15) is 17.8 Å². The van der Waals surface area contributed by atoms with Crippen molar-refractivity contribution in [3.05, 3.63) is 47.9 Å². The number of hydrogen-bond acceptors (Lipinski definition) is 5. The van der Waals surface area contributed by atoms with Crippen LogP contribution in [-0.4, -0.2) is 48.0 Å². The van der Waals surface area contributed by atoms with Gasteiger partial charge in [0.25, 0.3) is 5.91 Å². The van der Waals surface area contributed by atoms with Crippen molar-refractivity contribution in [2.75, 3.05) is 37.8 Å². The Morgan fingerprint density at radius 2 is 1.91 bits per heavy atom. The molecule has 0 fully saturated rings. The van der Waals surface area contributed by atoms with Crippen LogP contribution < -0.4 is 10.6 Å². The van der Waals surface area contributed by atoms with Crippen molar-refractivity contribution in [3.8, 4) is 0 Å². The molecule has 0 spiro atoms. The van der Waals surface area contributed by atoms with Crippen LogP contribution in [0.5, 0.6) is 0 Å². The number of nitrogens with zero attached hydrogens (tertiary/aromatic N) is 3. The summed E-state index contributed by atoms with van der Waals surface area (Å²) < 4.78 is 0. The van der Waals surface area contributed by atoms with E-state index in [1.807, 2.05) is 45.3 Å². The van der Waals surface area contributed by atoms with Crippen molar-refractivity contribution in [1.82, 2.24) is 14.9 Å². The van der Waals surface area contributed by atoms with Crippen LogP contribution in [0.1, 0.15) is 22.5 Å². The minimum absolute atomic E-state index is 0.243. The lowest BCUT2D eigenvalue weighted by Gasteiger charge is -2.10. The van der Waals surface area contributed by atoms with Crippen molar-refractivity contribution < 1.29 is 4.79 Å². The third-order valence-electron chi connectivity index (χ3n) is 3.30. The second kappa shape index (κ2) is 8.24. The first-order chi connectivity index (χ1) is 11.0. The highest BCUT2D eigenvalue weighted by Gasteiger charge is 2.09. The summed E-state index contributed by atoms with van der Waals surface area (Å²) in [5.41, 5.74) is 2.24. The fraction of sp³-hybridized carbons (Fsp3) is 0.353. The molecule has 2 rings (SSSR count). The smallest absolute Gasteiger partial charge is 0.274 e. The van der Waals surface area contributed by atoms with Gasteiger partial charge < -0.3 is 15.5 Å². The molecular formula is C17H23N5O. The SMILES string of the molecule is Cc1ccc(NC(=O)c2cc(NCCCN(C)C)ncn2)cc1. The number of hydrogen-bond donors (Lipinski definition) is 2. The lowest BCUT2D eigenvalue weighted by Crippen LogP contribution is -2.17. The maximum absolute atomic E-state index is 12.2. The molecule has 23 heavy (non-hydrogen) atoms. The van der Waals surface area contributed by atoms with E-state index in [0.717, 1.165) is 30.8 Å². The molecule has 0 aliphatic carbocycles. The molecule has 122 valence electrons. The number of benzene rings is 1. The average molecular weight is 313 g/mol. The quantitative estimate of drug-likeness (QED) is 0.768. The van der Waals surface area contributed by atoms with Gasteiger partial charge in [0.15, 0.2) is 0 Å². The van der Waals surface area contributed by atoms with Gasteiger partial charge in [-0.3, -0.25) is 4.79 Å². The van der Waals surface area contributed by atoms with E-state index in [1.54, 1.807) is 6.07 Å². The number of aromatic nitrogens is 2. The average Bonchev–Trinajstić information content (AvgIpc) is 2.54. The topological polar surface area (TPSA) is 70.2 Å². The van der Waals surface area contributed by atoms with Gasteiger partial charge in [-0.15, -0.1) is 0 Å². The zero-order valence-corrected chi connectivity index (χ0v) is 13.8. The van der Waals surface area contributed by atoms with E-state index in [-0.39, 0.29) is 5.91 Å². The van der Waals surface area contributed by atoms with Gasteiger partial charge in [-0.05, 0) is 46.1 Å². The van der Waals surface area contributed by atoms with Crippen LogP contribution in [0.2, 0.25) is 0 Å². The Morgan fingerprint density at radius 3 is 2.61 bits per heavy atom. The third kappa shape index (κ3) is 5.67. The summed E-state index contributed by atoms with van der Waals surface area (Å²) in [6, 6.07) is 9.31. The molecular weight excluding hydrogens is 290 g/mol. The van der Waals surface area contributed by atoms with Gasteiger partial charge in [0, 0.05) is 18.3 Å². The highest BCUT2D eigenvalue weighted by molar-refractivity contribution is 6.03. The number of amides is 1. The molecule has 1 aromatic heterocycles. The molecule has 2 aromatic rings. The van der Waals surface area contributed by atoms with Crippen molar-refractivity contribution in [1.29, 1.82) is 0 Å². The lowest BCUT2D eigenvalue weighted by atomic mass is 10.2. The zero-order chi connectivity index (χ0) is 16.7. The fourth-order valence-corrected chi connectivity index (χ4v) is 2.02. The van der Waals surface area contributed by atoms with Gasteiger partial charge in [-0.1, -0.05) is 17.7 Å². The lowest BCUT2D eigenvalue weighted by molar-refractivity contribution is 0.102. The van der Waals surface area contributed by atoms with E-state index < -0.39 is 0 Å². The van der Waals surface area contributed by atoms with Crippen LogP contribution in [0.4, 0.5) is 11.5 Å². The molecule has 0 radical (unpaired) electrons. The Morgan fingerprint density at radius 1 is 1.17 bits per heavy atom. The van der Waals surface area contributed by atoms with E-state index in [4.69, 9.17) is 0 Å². The second-order valence-corrected chi connectivity index (χ2v) is 5.69. The van der Waals surface area contributed by atoms with E-state index in [2.05, 4.69) is 25.5 Å². The van der Waals surface area contributed by atoms with E-state index in [1.165, 1.54) is 6.33 Å². The Bertz CT molecular complexity index is 640. The highest BCUT2D eigenvalue weighted by Crippen LogP contribution is 2.11. The number of aryl methyl sites for hydroxylation is 1. The first-order valence-corrected chi connectivity index (χ1v) is 7.63. The fourth-order valence-electron chi connectivity index (χ4n) is 2.02. The van der Waals surface area contributed by atoms with Gasteiger partial charge in [-0.2, -0.15) is 0 Å². The minimum atomic E-state index is -0.243. The Balaban J connectivity index is 1.92. The van der Waals surface area contributed by atoms with E-state index in [9.17, 15) is 4.79 Å². The Hall–Kier alpha value is -2.47. The molecule has 0 aliphatic rings. The van der Waals surface area contributed by atoms with Gasteiger partial charge in [0.05, 0.1) is 0 Å². The highest BCUT2D eigenvalue weighted by atomic mass is 16.1. The number of carbonyl (C=O) groups is 1. The van der Waals surface area contributed by atoms with Crippen molar-refractivity contribution in [2.45, 2.75) is 13.3 Å². The van der Waals surface area contributed by atoms with Gasteiger partial charge in [0.2, 0.25) is 0 Å². The van der Waals surface area contributed by atoms with Crippen LogP contribution in [-0.2, 0) is 0 Å². The predicted octanol–water partition coefficient (Wildman–Crippen LogP) is 2.40. The standard InChI is InChI=1S/C17H23N5O/c1-13-5-7-14(8-6-13)21-17(23)15-11-16(20-12-19-15)18-9-4-10-22(2)3/h5-8,11-12H,4,9-10H2,1-3H3,(H,21,23)(H,18,19,20). The molecule has 0 bridgehead atoms. The number of carbonyl (C=O) groups excluding carboxylic acids is 1. The van der Waals surface area contributed by atoms with Gasteiger partial charge in [-0.25, -0.2) is 9.97 Å². The molecule has 0 unspecified atom stereocenters. The molecule has 1 aromatic carbocycles. The third-order valence-corrected chi connectivity index (χ3v) is 3.30. The molecule has 0 aliphatic heterocycles. The molecule has 2 N–H and O–H groups in total. The Labute approximate surface area is 137 Å². The summed E-state index contributed by atoms with van der Waals surface area (Å²) in [4.78, 5) is 22.5. The summed E-state index contributed by atoms with van der Waals surface area (Å²) in [6.07, 6.45) is 2.40. The normalized spacial score (nSPS) is 10.6. The first kappa shape index (κ1) is 16.9. The van der Waals surface area contributed by atoms with Crippen LogP contribution in [0, 0.1) is 6.92 Å². The minimum Gasteiger partial charge on any atom is -0.370 e. The number of anilines is 2. The molecule has 6 heteroatoms. The van der Waals surface area contributed by atoms with Crippen LogP contribution >= 0.6 is 0 Å². The van der Waals surface area contributed by atoms with Crippen LogP contribution in [0.15, 0.2) is 36.7 Å². The number of nitrogens with one attached hydrogen (secondary N) is 2. The molecule has 0 saturated carbocycles. The maximum Gasteiger partial charge on any atom is 0.274 e. The number of rotatable bonds is 7.